The molecule has 6 rings (SSSR count). The van der Waals surface area contributed by atoms with E-state index >= 15 is 0 Å². The zero-order chi connectivity index (χ0) is 23.9. The number of rotatable bonds is 3. The van der Waals surface area contributed by atoms with Gasteiger partial charge in [0.1, 0.15) is 32.2 Å². The minimum absolute atomic E-state index is 0.00670. The third kappa shape index (κ3) is 3.54. The highest BCUT2D eigenvalue weighted by atomic mass is 16.6. The number of carbonyl (C=O) groups excluding carboxylic acids is 2. The number of fused-ring (bicyclic) bond motifs is 2. The molecule has 0 saturated carbocycles. The Morgan fingerprint density at radius 1 is 0.743 bits per heavy atom. The second kappa shape index (κ2) is 8.39. The van der Waals surface area contributed by atoms with Crippen molar-refractivity contribution >= 4 is 23.1 Å². The van der Waals surface area contributed by atoms with Gasteiger partial charge in [0.25, 0.3) is 11.7 Å². The van der Waals surface area contributed by atoms with Crippen molar-refractivity contribution in [2.75, 3.05) is 31.3 Å². The Kier molecular flexibility index (Phi) is 5.06. The lowest BCUT2D eigenvalue weighted by Crippen LogP contribution is -2.29. The molecular formula is C27H21NO7. The van der Waals surface area contributed by atoms with Gasteiger partial charge in [0, 0.05) is 17.3 Å². The molecule has 1 fully saturated rings. The summed E-state index contributed by atoms with van der Waals surface area (Å²) in [5, 5.41) is 11.3. The number of hydrogen-bond acceptors (Lipinski definition) is 7. The summed E-state index contributed by atoms with van der Waals surface area (Å²) in [5.41, 5.74) is 1.50. The molecule has 176 valence electrons. The summed E-state index contributed by atoms with van der Waals surface area (Å²) in [7, 11) is 0. The van der Waals surface area contributed by atoms with Crippen LogP contribution in [0.2, 0.25) is 0 Å². The maximum absolute atomic E-state index is 13.4. The van der Waals surface area contributed by atoms with E-state index in [9.17, 15) is 14.7 Å². The number of ether oxygens (including phenoxy) is 4. The van der Waals surface area contributed by atoms with Crippen molar-refractivity contribution in [2.24, 2.45) is 0 Å². The highest BCUT2D eigenvalue weighted by Gasteiger charge is 2.47. The minimum Gasteiger partial charge on any atom is -0.507 e. The molecule has 3 aromatic rings. The number of anilines is 1. The number of aliphatic hydroxyl groups excluding tert-OH is 1. The molecule has 0 bridgehead atoms. The van der Waals surface area contributed by atoms with Gasteiger partial charge in [0.05, 0.1) is 11.6 Å². The van der Waals surface area contributed by atoms with Gasteiger partial charge in [-0.1, -0.05) is 30.3 Å². The normalized spacial score (nSPS) is 20.1. The van der Waals surface area contributed by atoms with E-state index in [-0.39, 0.29) is 11.3 Å². The molecular weight excluding hydrogens is 450 g/mol. The molecule has 35 heavy (non-hydrogen) atoms. The molecule has 1 amide bonds. The van der Waals surface area contributed by atoms with E-state index in [1.54, 1.807) is 36.4 Å². The SMILES string of the molecule is O=C1C(=O)N(c2ccc3c(c2)OCCO3)C(c2ccccc2)/C1=C(\O)c1ccc2c(c1)OCCO2. The number of benzene rings is 3. The number of Topliss-reactive ketones (excluding diaryl/α,β-unsaturated/α-hetero) is 1. The second-order valence-corrected chi connectivity index (χ2v) is 8.27. The molecule has 3 aliphatic heterocycles. The summed E-state index contributed by atoms with van der Waals surface area (Å²) in [6, 6.07) is 18.3. The van der Waals surface area contributed by atoms with Crippen molar-refractivity contribution in [3.8, 4) is 23.0 Å². The van der Waals surface area contributed by atoms with E-state index in [2.05, 4.69) is 0 Å². The van der Waals surface area contributed by atoms with Gasteiger partial charge in [0.2, 0.25) is 0 Å². The average molecular weight is 471 g/mol. The van der Waals surface area contributed by atoms with E-state index < -0.39 is 17.7 Å². The second-order valence-electron chi connectivity index (χ2n) is 8.27. The lowest BCUT2D eigenvalue weighted by molar-refractivity contribution is -0.132. The van der Waals surface area contributed by atoms with Crippen LogP contribution < -0.4 is 23.8 Å². The summed E-state index contributed by atoms with van der Waals surface area (Å²) in [5.74, 6) is 0.296. The molecule has 1 N–H and O–H groups in total. The van der Waals surface area contributed by atoms with Gasteiger partial charge in [-0.25, -0.2) is 0 Å². The number of carbonyl (C=O) groups is 2. The summed E-state index contributed by atoms with van der Waals surface area (Å²) in [6.45, 7) is 1.65. The largest absolute Gasteiger partial charge is 0.507 e. The number of ketones is 1. The van der Waals surface area contributed by atoms with Gasteiger partial charge >= 0.3 is 0 Å². The molecule has 0 radical (unpaired) electrons. The van der Waals surface area contributed by atoms with Crippen LogP contribution in [0.25, 0.3) is 5.76 Å². The Labute approximate surface area is 200 Å². The lowest BCUT2D eigenvalue weighted by atomic mass is 9.95. The van der Waals surface area contributed by atoms with Crippen LogP contribution in [0.3, 0.4) is 0 Å². The van der Waals surface area contributed by atoms with Crippen LogP contribution in [-0.4, -0.2) is 43.2 Å². The third-order valence-corrected chi connectivity index (χ3v) is 6.18. The van der Waals surface area contributed by atoms with Crippen LogP contribution in [0.15, 0.2) is 72.3 Å². The standard InChI is InChI=1S/C27H21NO7/c29-25(17-6-8-19-21(14-17)34-12-10-32-19)23-24(16-4-2-1-3-5-16)28(27(31)26(23)30)18-7-9-20-22(15-18)35-13-11-33-20/h1-9,14-15,24,29H,10-13H2/b25-23+. The van der Waals surface area contributed by atoms with Gasteiger partial charge in [0.15, 0.2) is 23.0 Å². The van der Waals surface area contributed by atoms with Crippen molar-refractivity contribution in [1.29, 1.82) is 0 Å². The van der Waals surface area contributed by atoms with Crippen molar-refractivity contribution in [2.45, 2.75) is 6.04 Å². The molecule has 8 nitrogen and oxygen atoms in total. The van der Waals surface area contributed by atoms with E-state index in [1.807, 2.05) is 30.3 Å². The van der Waals surface area contributed by atoms with Crippen molar-refractivity contribution in [1.82, 2.24) is 0 Å². The first-order valence-electron chi connectivity index (χ1n) is 11.3. The van der Waals surface area contributed by atoms with E-state index in [0.29, 0.717) is 66.2 Å². The van der Waals surface area contributed by atoms with Gasteiger partial charge in [-0.3, -0.25) is 14.5 Å². The number of amides is 1. The lowest BCUT2D eigenvalue weighted by Gasteiger charge is -2.27. The first-order chi connectivity index (χ1) is 17.1. The predicted molar refractivity (Wildman–Crippen MR) is 126 cm³/mol. The Morgan fingerprint density at radius 2 is 1.34 bits per heavy atom. The van der Waals surface area contributed by atoms with Crippen LogP contribution in [-0.2, 0) is 9.59 Å². The zero-order valence-electron chi connectivity index (χ0n) is 18.6. The summed E-state index contributed by atoms with van der Waals surface area (Å²) in [6.07, 6.45) is 0. The molecule has 1 unspecified atom stereocenters. The topological polar surface area (TPSA) is 94.5 Å². The summed E-state index contributed by atoms with van der Waals surface area (Å²) in [4.78, 5) is 28.1. The minimum atomic E-state index is -0.841. The van der Waals surface area contributed by atoms with Gasteiger partial charge in [-0.2, -0.15) is 0 Å². The smallest absolute Gasteiger partial charge is 0.300 e. The number of aliphatic hydroxyl groups is 1. The van der Waals surface area contributed by atoms with Crippen molar-refractivity contribution in [3.63, 3.8) is 0 Å². The fourth-order valence-electron chi connectivity index (χ4n) is 4.58. The molecule has 0 aliphatic carbocycles. The molecule has 8 heteroatoms. The molecule has 3 aliphatic rings. The molecule has 0 spiro atoms. The first kappa shape index (κ1) is 21.1. The van der Waals surface area contributed by atoms with Gasteiger partial charge in [-0.15, -0.1) is 0 Å². The quantitative estimate of drug-likeness (QED) is 0.352. The fourth-order valence-corrected chi connectivity index (χ4v) is 4.58. The van der Waals surface area contributed by atoms with Crippen LogP contribution >= 0.6 is 0 Å². The summed E-state index contributed by atoms with van der Waals surface area (Å²) < 4.78 is 22.5. The summed E-state index contributed by atoms with van der Waals surface area (Å²) >= 11 is 0. The Hall–Kier alpha value is -4.46. The highest BCUT2D eigenvalue weighted by molar-refractivity contribution is 6.51. The Balaban J connectivity index is 1.50. The maximum Gasteiger partial charge on any atom is 0.300 e. The van der Waals surface area contributed by atoms with E-state index in [4.69, 9.17) is 18.9 Å². The van der Waals surface area contributed by atoms with Crippen LogP contribution in [0.1, 0.15) is 17.2 Å². The average Bonchev–Trinajstić information content (AvgIpc) is 3.18. The molecule has 0 aromatic heterocycles. The fraction of sp³-hybridized carbons (Fsp3) is 0.185. The van der Waals surface area contributed by atoms with Crippen LogP contribution in [0, 0.1) is 0 Å². The monoisotopic (exact) mass is 471 g/mol. The number of hydrogen-bond donors (Lipinski definition) is 1. The van der Waals surface area contributed by atoms with Gasteiger partial charge < -0.3 is 24.1 Å². The first-order valence-corrected chi connectivity index (χ1v) is 11.3. The Bertz CT molecular complexity index is 1370. The maximum atomic E-state index is 13.4. The van der Waals surface area contributed by atoms with E-state index in [1.165, 1.54) is 4.90 Å². The molecule has 1 atom stereocenters. The molecule has 3 heterocycles. The molecule has 1 saturated heterocycles. The number of nitrogens with zero attached hydrogens (tertiary/aromatic N) is 1. The highest BCUT2D eigenvalue weighted by Crippen LogP contribution is 2.45. The van der Waals surface area contributed by atoms with E-state index in [0.717, 1.165) is 0 Å². The zero-order valence-corrected chi connectivity index (χ0v) is 18.6. The van der Waals surface area contributed by atoms with Gasteiger partial charge in [-0.05, 0) is 35.9 Å². The Morgan fingerprint density at radius 3 is 2.03 bits per heavy atom. The predicted octanol–water partition coefficient (Wildman–Crippen LogP) is 3.86. The third-order valence-electron chi connectivity index (χ3n) is 6.18. The van der Waals surface area contributed by atoms with Crippen molar-refractivity contribution in [3.05, 3.63) is 83.4 Å². The van der Waals surface area contributed by atoms with Crippen LogP contribution in [0.5, 0.6) is 23.0 Å². The van der Waals surface area contributed by atoms with Crippen molar-refractivity contribution < 1.29 is 33.6 Å². The molecule has 3 aromatic carbocycles. The van der Waals surface area contributed by atoms with Crippen LogP contribution in [0.4, 0.5) is 5.69 Å².